The Bertz CT molecular complexity index is 1310. The molecule has 10 heteroatoms. The molecule has 0 bridgehead atoms. The summed E-state index contributed by atoms with van der Waals surface area (Å²) in [6.45, 7) is 3.18. The van der Waals surface area contributed by atoms with Gasteiger partial charge in [0.05, 0.1) is 34.1 Å². The average Bonchev–Trinajstić information content (AvgIpc) is 3.49. The average molecular weight is 518 g/mol. The summed E-state index contributed by atoms with van der Waals surface area (Å²) in [4.78, 5) is 33.7. The monoisotopic (exact) mass is 517 g/mol. The van der Waals surface area contributed by atoms with Gasteiger partial charge in [-0.1, -0.05) is 23.7 Å². The standard InChI is InChI=1S/C23H20ClN3O3S3/c1-2-30-23(29)27-10-9-14-17(12-27)33-22(26-19(28)11-13-7-8-18(24)31-13)20(14)21-25-15-5-3-4-6-16(15)32-21/h3-8H,2,9-12H2,1H3,(H,26,28). The number of hydrogen-bond donors (Lipinski definition) is 1. The molecule has 1 aliphatic heterocycles. The zero-order valence-electron chi connectivity index (χ0n) is 17.7. The van der Waals surface area contributed by atoms with Gasteiger partial charge in [0.15, 0.2) is 0 Å². The van der Waals surface area contributed by atoms with Crippen LogP contribution in [0.1, 0.15) is 22.2 Å². The highest BCUT2D eigenvalue weighted by atomic mass is 35.5. The molecule has 0 radical (unpaired) electrons. The predicted octanol–water partition coefficient (Wildman–Crippen LogP) is 6.44. The van der Waals surface area contributed by atoms with E-state index in [4.69, 9.17) is 21.3 Å². The Hall–Kier alpha value is -2.46. The minimum atomic E-state index is -0.307. The first-order valence-corrected chi connectivity index (χ1v) is 13.3. The lowest BCUT2D eigenvalue weighted by atomic mass is 10.0. The maximum Gasteiger partial charge on any atom is 0.410 e. The van der Waals surface area contributed by atoms with Gasteiger partial charge in [0.25, 0.3) is 0 Å². The van der Waals surface area contributed by atoms with Gasteiger partial charge in [-0.15, -0.1) is 34.0 Å². The highest BCUT2D eigenvalue weighted by Crippen LogP contribution is 2.45. The van der Waals surface area contributed by atoms with Crippen molar-refractivity contribution >= 4 is 72.8 Å². The van der Waals surface area contributed by atoms with Crippen LogP contribution in [0.2, 0.25) is 4.34 Å². The number of thiazole rings is 1. The molecule has 33 heavy (non-hydrogen) atoms. The van der Waals surface area contributed by atoms with E-state index in [1.54, 1.807) is 29.2 Å². The summed E-state index contributed by atoms with van der Waals surface area (Å²) < 4.78 is 6.96. The summed E-state index contributed by atoms with van der Waals surface area (Å²) in [7, 11) is 0. The quantitative estimate of drug-likeness (QED) is 0.331. The normalized spacial score (nSPS) is 13.2. The molecule has 0 aliphatic carbocycles. The van der Waals surface area contributed by atoms with Crippen LogP contribution >= 0.6 is 45.6 Å². The number of benzene rings is 1. The van der Waals surface area contributed by atoms with Crippen LogP contribution in [0.3, 0.4) is 0 Å². The lowest BCUT2D eigenvalue weighted by Crippen LogP contribution is -2.35. The number of nitrogens with one attached hydrogen (secondary N) is 1. The lowest BCUT2D eigenvalue weighted by Gasteiger charge is -2.26. The molecule has 1 aromatic carbocycles. The summed E-state index contributed by atoms with van der Waals surface area (Å²) in [6.07, 6.45) is 0.638. The molecule has 170 valence electrons. The predicted molar refractivity (Wildman–Crippen MR) is 136 cm³/mol. The molecule has 0 atom stereocenters. The Morgan fingerprint density at radius 1 is 1.18 bits per heavy atom. The van der Waals surface area contributed by atoms with E-state index in [2.05, 4.69) is 11.4 Å². The number of nitrogens with zero attached hydrogens (tertiary/aromatic N) is 2. The Morgan fingerprint density at radius 2 is 2.03 bits per heavy atom. The van der Waals surface area contributed by atoms with Gasteiger partial charge in [0, 0.05) is 21.9 Å². The minimum Gasteiger partial charge on any atom is -0.450 e. The third-order valence-corrected chi connectivity index (χ3v) is 8.72. The molecule has 2 amide bonds. The fourth-order valence-corrected chi connectivity index (χ4v) is 7.32. The number of fused-ring (bicyclic) bond motifs is 2. The number of hydrogen-bond acceptors (Lipinski definition) is 7. The Balaban J connectivity index is 1.50. The first-order chi connectivity index (χ1) is 16.0. The van der Waals surface area contributed by atoms with E-state index in [-0.39, 0.29) is 18.4 Å². The molecule has 0 saturated carbocycles. The van der Waals surface area contributed by atoms with Crippen molar-refractivity contribution in [3.05, 3.63) is 56.1 Å². The van der Waals surface area contributed by atoms with E-state index in [1.807, 2.05) is 24.3 Å². The highest BCUT2D eigenvalue weighted by Gasteiger charge is 2.30. The molecule has 0 fully saturated rings. The zero-order chi connectivity index (χ0) is 22.9. The summed E-state index contributed by atoms with van der Waals surface area (Å²) >= 11 is 10.6. The molecule has 3 aromatic heterocycles. The van der Waals surface area contributed by atoms with Crippen molar-refractivity contribution in [1.82, 2.24) is 9.88 Å². The topological polar surface area (TPSA) is 71.5 Å². The number of carbonyl (C=O) groups excluding carboxylic acids is 2. The fraction of sp³-hybridized carbons (Fsp3) is 0.261. The summed E-state index contributed by atoms with van der Waals surface area (Å²) in [5.41, 5.74) is 3.05. The number of carbonyl (C=O) groups is 2. The van der Waals surface area contributed by atoms with Crippen molar-refractivity contribution in [2.75, 3.05) is 18.5 Å². The van der Waals surface area contributed by atoms with Gasteiger partial charge in [-0.3, -0.25) is 4.79 Å². The minimum absolute atomic E-state index is 0.100. The zero-order valence-corrected chi connectivity index (χ0v) is 20.9. The number of anilines is 1. The molecule has 4 aromatic rings. The van der Waals surface area contributed by atoms with Gasteiger partial charge in [-0.05, 0) is 43.2 Å². The van der Waals surface area contributed by atoms with Crippen molar-refractivity contribution in [2.45, 2.75) is 26.3 Å². The second-order valence-electron chi connectivity index (χ2n) is 7.50. The number of rotatable bonds is 5. The van der Waals surface area contributed by atoms with Crippen molar-refractivity contribution < 1.29 is 14.3 Å². The van der Waals surface area contributed by atoms with Crippen molar-refractivity contribution in [3.63, 3.8) is 0 Å². The summed E-state index contributed by atoms with van der Waals surface area (Å²) in [5.74, 6) is -0.100. The van der Waals surface area contributed by atoms with Crippen molar-refractivity contribution in [3.8, 4) is 10.6 Å². The highest BCUT2D eigenvalue weighted by molar-refractivity contribution is 7.23. The Kier molecular flexibility index (Phi) is 6.38. The van der Waals surface area contributed by atoms with Crippen LogP contribution in [0.25, 0.3) is 20.8 Å². The molecule has 5 rings (SSSR count). The van der Waals surface area contributed by atoms with Gasteiger partial charge in [-0.25, -0.2) is 9.78 Å². The molecular weight excluding hydrogens is 498 g/mol. The van der Waals surface area contributed by atoms with E-state index in [1.165, 1.54) is 22.7 Å². The van der Waals surface area contributed by atoms with E-state index in [0.29, 0.717) is 30.5 Å². The number of halogens is 1. The molecule has 0 saturated heterocycles. The number of amides is 2. The van der Waals surface area contributed by atoms with Crippen molar-refractivity contribution in [1.29, 1.82) is 0 Å². The van der Waals surface area contributed by atoms with E-state index < -0.39 is 0 Å². The number of para-hydroxylation sites is 1. The van der Waals surface area contributed by atoms with Crippen LogP contribution in [-0.4, -0.2) is 35.0 Å². The van der Waals surface area contributed by atoms with E-state index >= 15 is 0 Å². The third-order valence-electron chi connectivity index (χ3n) is 5.31. The first-order valence-electron chi connectivity index (χ1n) is 10.5. The first kappa shape index (κ1) is 22.3. The largest absolute Gasteiger partial charge is 0.450 e. The van der Waals surface area contributed by atoms with Crippen LogP contribution in [0.4, 0.5) is 9.80 Å². The van der Waals surface area contributed by atoms with Crippen LogP contribution < -0.4 is 5.32 Å². The van der Waals surface area contributed by atoms with Crippen LogP contribution in [0.15, 0.2) is 36.4 Å². The third kappa shape index (κ3) is 4.63. The lowest BCUT2D eigenvalue weighted by molar-refractivity contribution is -0.115. The van der Waals surface area contributed by atoms with E-state index in [0.717, 1.165) is 41.1 Å². The number of aromatic nitrogens is 1. The molecule has 6 nitrogen and oxygen atoms in total. The smallest absolute Gasteiger partial charge is 0.410 e. The number of ether oxygens (including phenoxy) is 1. The van der Waals surface area contributed by atoms with Gasteiger partial charge in [-0.2, -0.15) is 0 Å². The van der Waals surface area contributed by atoms with Crippen LogP contribution in [-0.2, 0) is 28.9 Å². The maximum absolute atomic E-state index is 12.9. The van der Waals surface area contributed by atoms with Crippen molar-refractivity contribution in [2.24, 2.45) is 0 Å². The molecule has 0 spiro atoms. The van der Waals surface area contributed by atoms with Gasteiger partial charge < -0.3 is 15.0 Å². The molecular formula is C23H20ClN3O3S3. The van der Waals surface area contributed by atoms with E-state index in [9.17, 15) is 9.59 Å². The van der Waals surface area contributed by atoms with Gasteiger partial charge in [0.2, 0.25) is 5.91 Å². The Morgan fingerprint density at radius 3 is 2.79 bits per heavy atom. The second-order valence-corrected chi connectivity index (χ2v) is 11.4. The molecule has 1 aliphatic rings. The fourth-order valence-electron chi connectivity index (χ4n) is 3.84. The van der Waals surface area contributed by atoms with Gasteiger partial charge in [0.1, 0.15) is 10.0 Å². The second kappa shape index (κ2) is 9.42. The van der Waals surface area contributed by atoms with Gasteiger partial charge >= 0.3 is 6.09 Å². The van der Waals surface area contributed by atoms with Crippen LogP contribution in [0.5, 0.6) is 0 Å². The Labute approximate surface area is 207 Å². The molecule has 4 heterocycles. The SMILES string of the molecule is CCOC(=O)N1CCc2c(sc(NC(=O)Cc3ccc(Cl)s3)c2-c2nc3ccccc3s2)C1. The molecule has 1 N–H and O–H groups in total. The summed E-state index contributed by atoms with van der Waals surface area (Å²) in [5, 5.41) is 4.77. The number of thiophene rings is 2. The maximum atomic E-state index is 12.9. The molecule has 0 unspecified atom stereocenters. The summed E-state index contributed by atoms with van der Waals surface area (Å²) in [6, 6.07) is 11.7. The van der Waals surface area contributed by atoms with Crippen LogP contribution in [0, 0.1) is 0 Å².